The van der Waals surface area contributed by atoms with Crippen molar-refractivity contribution in [1.29, 1.82) is 0 Å². The Kier molecular flexibility index (Phi) is 5.67. The van der Waals surface area contributed by atoms with E-state index in [1.54, 1.807) is 12.4 Å². The maximum atomic E-state index is 6.11. The topological polar surface area (TPSA) is 126 Å². The third kappa shape index (κ3) is 4.13. The van der Waals surface area contributed by atoms with Gasteiger partial charge < -0.3 is 16.0 Å². The van der Waals surface area contributed by atoms with Gasteiger partial charge in [-0.2, -0.15) is 15.2 Å². The molecule has 1 aliphatic rings. The molecule has 1 fully saturated rings. The number of nitrogens with zero attached hydrogens (tertiary/aromatic N) is 7. The van der Waals surface area contributed by atoms with Gasteiger partial charge in [-0.05, 0) is 36.5 Å². The van der Waals surface area contributed by atoms with Crippen LogP contribution >= 0.6 is 0 Å². The molecule has 0 aliphatic carbocycles. The predicted molar refractivity (Wildman–Crippen MR) is 129 cm³/mol. The van der Waals surface area contributed by atoms with Gasteiger partial charge in [0, 0.05) is 45.1 Å². The molecule has 4 aromatic rings. The molecule has 10 nitrogen and oxygen atoms in total. The average molecular weight is 447 g/mol. The molecule has 0 amide bonds. The van der Waals surface area contributed by atoms with Gasteiger partial charge in [0.2, 0.25) is 5.95 Å². The molecule has 5 rings (SSSR count). The number of hydrogen-bond acceptors (Lipinski definition) is 8. The number of pyridine rings is 1. The van der Waals surface area contributed by atoms with Gasteiger partial charge >= 0.3 is 0 Å². The van der Waals surface area contributed by atoms with E-state index in [1.165, 1.54) is 0 Å². The highest BCUT2D eigenvalue weighted by Crippen LogP contribution is 2.29. The van der Waals surface area contributed by atoms with Crippen molar-refractivity contribution in [2.75, 3.05) is 23.3 Å². The van der Waals surface area contributed by atoms with Crippen LogP contribution in [0.3, 0.4) is 0 Å². The molecule has 1 saturated heterocycles. The van der Waals surface area contributed by atoms with Crippen LogP contribution < -0.4 is 16.0 Å². The molecule has 4 aromatic heterocycles. The van der Waals surface area contributed by atoms with E-state index in [2.05, 4.69) is 50.4 Å². The van der Waals surface area contributed by atoms with Crippen LogP contribution in [-0.4, -0.2) is 54.1 Å². The molecule has 0 bridgehead atoms. The van der Waals surface area contributed by atoms with E-state index < -0.39 is 0 Å². The Bertz CT molecular complexity index is 1250. The number of hydrogen-bond donors (Lipinski definition) is 3. The molecule has 0 saturated carbocycles. The van der Waals surface area contributed by atoms with Crippen LogP contribution in [-0.2, 0) is 13.6 Å². The van der Waals surface area contributed by atoms with Gasteiger partial charge in [-0.3, -0.25) is 14.8 Å². The van der Waals surface area contributed by atoms with Gasteiger partial charge in [0.05, 0.1) is 17.1 Å². The number of anilines is 2. The first-order chi connectivity index (χ1) is 16.0. The first-order valence-electron chi connectivity index (χ1n) is 11.4. The Morgan fingerprint density at radius 2 is 1.97 bits per heavy atom. The number of H-pyrrole nitrogens is 1. The van der Waals surface area contributed by atoms with Crippen LogP contribution in [0.25, 0.3) is 22.4 Å². The summed E-state index contributed by atoms with van der Waals surface area (Å²) in [5, 5.41) is 15.5. The van der Waals surface area contributed by atoms with Crippen molar-refractivity contribution in [2.45, 2.75) is 45.2 Å². The van der Waals surface area contributed by atoms with Gasteiger partial charge in [-0.15, -0.1) is 0 Å². The lowest BCUT2D eigenvalue weighted by Crippen LogP contribution is -2.40. The molecule has 172 valence electrons. The summed E-state index contributed by atoms with van der Waals surface area (Å²) < 4.78 is 1.83. The molecule has 10 heteroatoms. The SMILES string of the molecule is CC(C)c1[nH]nc2c(NCc3cccnc3-c3ccnn3C)nc(N3CCC(N)CC3)nc12. The zero-order valence-corrected chi connectivity index (χ0v) is 19.3. The fourth-order valence-electron chi connectivity index (χ4n) is 4.27. The highest BCUT2D eigenvalue weighted by Gasteiger charge is 2.23. The highest BCUT2D eigenvalue weighted by molar-refractivity contribution is 5.88. The molecular weight excluding hydrogens is 416 g/mol. The standard InChI is InChI=1S/C23H30N10/c1-14(2)18-20-21(31-30-18)22(29-23(28-20)33-11-7-16(24)8-12-33)26-13-15-5-4-9-25-19(15)17-6-10-27-32(17)3/h4-6,9-10,14,16H,7-8,11-13,24H2,1-3H3,(H,30,31)(H,26,28,29). The summed E-state index contributed by atoms with van der Waals surface area (Å²) >= 11 is 0. The van der Waals surface area contributed by atoms with E-state index in [4.69, 9.17) is 15.7 Å². The minimum atomic E-state index is 0.249. The van der Waals surface area contributed by atoms with E-state index in [0.717, 1.165) is 65.6 Å². The Hall–Kier alpha value is -3.53. The maximum Gasteiger partial charge on any atom is 0.228 e. The first-order valence-corrected chi connectivity index (χ1v) is 11.4. The molecule has 33 heavy (non-hydrogen) atoms. The number of aromatic amines is 1. The first kappa shape index (κ1) is 21.3. The van der Waals surface area contributed by atoms with Gasteiger partial charge in [0.1, 0.15) is 5.52 Å². The molecule has 0 atom stereocenters. The fraction of sp³-hybridized carbons (Fsp3) is 0.435. The Balaban J connectivity index is 1.50. The Morgan fingerprint density at radius 3 is 2.70 bits per heavy atom. The second-order valence-electron chi connectivity index (χ2n) is 8.89. The van der Waals surface area contributed by atoms with Crippen molar-refractivity contribution in [1.82, 2.24) is 34.9 Å². The Labute approximate surface area is 192 Å². The monoisotopic (exact) mass is 446 g/mol. The van der Waals surface area contributed by atoms with Crippen LogP contribution in [0.15, 0.2) is 30.6 Å². The van der Waals surface area contributed by atoms with Crippen LogP contribution in [0.4, 0.5) is 11.8 Å². The summed E-state index contributed by atoms with van der Waals surface area (Å²) in [7, 11) is 1.92. The average Bonchev–Trinajstić information content (AvgIpc) is 3.44. The smallest absolute Gasteiger partial charge is 0.228 e. The Morgan fingerprint density at radius 1 is 1.15 bits per heavy atom. The molecule has 1 aliphatic heterocycles. The summed E-state index contributed by atoms with van der Waals surface area (Å²) in [4.78, 5) is 16.6. The minimum Gasteiger partial charge on any atom is -0.364 e. The molecule has 4 N–H and O–H groups in total. The molecule has 0 spiro atoms. The summed E-state index contributed by atoms with van der Waals surface area (Å²) in [6, 6.07) is 6.23. The van der Waals surface area contributed by atoms with E-state index in [-0.39, 0.29) is 12.0 Å². The molecule has 0 radical (unpaired) electrons. The van der Waals surface area contributed by atoms with Crippen LogP contribution in [0, 0.1) is 0 Å². The minimum absolute atomic E-state index is 0.249. The second-order valence-corrected chi connectivity index (χ2v) is 8.89. The lowest BCUT2D eigenvalue weighted by molar-refractivity contribution is 0.496. The van der Waals surface area contributed by atoms with Crippen LogP contribution in [0.1, 0.15) is 43.9 Å². The number of rotatable bonds is 6. The number of aryl methyl sites for hydroxylation is 1. The molecule has 0 unspecified atom stereocenters. The van der Waals surface area contributed by atoms with Gasteiger partial charge in [0.25, 0.3) is 0 Å². The third-order valence-corrected chi connectivity index (χ3v) is 6.22. The number of piperidine rings is 1. The van der Waals surface area contributed by atoms with Gasteiger partial charge in [0.15, 0.2) is 11.3 Å². The molecular formula is C23H30N10. The number of nitrogens with two attached hydrogens (primary N) is 1. The zero-order valence-electron chi connectivity index (χ0n) is 19.3. The zero-order chi connectivity index (χ0) is 22.9. The van der Waals surface area contributed by atoms with Crippen molar-refractivity contribution in [3.8, 4) is 11.4 Å². The number of fused-ring (bicyclic) bond motifs is 1. The largest absolute Gasteiger partial charge is 0.364 e. The van der Waals surface area contributed by atoms with Crippen molar-refractivity contribution in [3.63, 3.8) is 0 Å². The van der Waals surface area contributed by atoms with Crippen molar-refractivity contribution >= 4 is 22.8 Å². The lowest BCUT2D eigenvalue weighted by Gasteiger charge is -2.30. The van der Waals surface area contributed by atoms with E-state index in [9.17, 15) is 0 Å². The number of aromatic nitrogens is 7. The number of nitrogens with one attached hydrogen (secondary N) is 2. The van der Waals surface area contributed by atoms with Crippen LogP contribution in [0.2, 0.25) is 0 Å². The summed E-state index contributed by atoms with van der Waals surface area (Å²) in [6.45, 7) is 6.53. The van der Waals surface area contributed by atoms with E-state index in [1.807, 2.05) is 23.9 Å². The second kappa shape index (κ2) is 8.78. The van der Waals surface area contributed by atoms with E-state index in [0.29, 0.717) is 12.4 Å². The maximum absolute atomic E-state index is 6.11. The van der Waals surface area contributed by atoms with Gasteiger partial charge in [-0.1, -0.05) is 19.9 Å². The lowest BCUT2D eigenvalue weighted by atomic mass is 10.1. The summed E-state index contributed by atoms with van der Waals surface area (Å²) in [5.74, 6) is 1.71. The quantitative estimate of drug-likeness (QED) is 0.413. The molecule has 0 aromatic carbocycles. The fourth-order valence-corrected chi connectivity index (χ4v) is 4.27. The molecule has 5 heterocycles. The van der Waals surface area contributed by atoms with Gasteiger partial charge in [-0.25, -0.2) is 4.98 Å². The summed E-state index contributed by atoms with van der Waals surface area (Å²) in [5.41, 5.74) is 11.7. The van der Waals surface area contributed by atoms with Crippen molar-refractivity contribution < 1.29 is 0 Å². The van der Waals surface area contributed by atoms with Crippen LogP contribution in [0.5, 0.6) is 0 Å². The normalized spacial score (nSPS) is 15.0. The predicted octanol–water partition coefficient (Wildman–Crippen LogP) is 2.81. The van der Waals surface area contributed by atoms with Crippen molar-refractivity contribution in [3.05, 3.63) is 41.9 Å². The van der Waals surface area contributed by atoms with E-state index >= 15 is 0 Å². The third-order valence-electron chi connectivity index (χ3n) is 6.22. The highest BCUT2D eigenvalue weighted by atomic mass is 15.3. The summed E-state index contributed by atoms with van der Waals surface area (Å²) in [6.07, 6.45) is 5.46. The van der Waals surface area contributed by atoms with Crippen molar-refractivity contribution in [2.24, 2.45) is 12.8 Å².